The van der Waals surface area contributed by atoms with Crippen LogP contribution in [-0.4, -0.2) is 53.0 Å². The van der Waals surface area contributed by atoms with Gasteiger partial charge in [0.15, 0.2) is 0 Å². The standard InChI is InChI=1S/C9H20NO.2CH3.In/c1-6-10(5)7-8(11)9(2,3)4;;;/h8H,6-7H2,1-5H3;2*1H3;/q-1;;;+1. The molecular weight excluding hydrogens is 277 g/mol. The molecule has 0 aromatic heterocycles. The summed E-state index contributed by atoms with van der Waals surface area (Å²) in [5.41, 5.74) is 0.268. The molecule has 2 nitrogen and oxygen atoms in total. The third kappa shape index (κ3) is 6.31. The molecule has 0 N–H and O–H groups in total. The average Bonchev–Trinajstić information content (AvgIpc) is 2.00. The Labute approximate surface area is 98.1 Å². The summed E-state index contributed by atoms with van der Waals surface area (Å²) in [6, 6.07) is 0. The van der Waals surface area contributed by atoms with E-state index < -0.39 is 21.9 Å². The zero-order chi connectivity index (χ0) is 11.4. The summed E-state index contributed by atoms with van der Waals surface area (Å²) in [7, 11) is 2.16. The number of hydrogen-bond donors (Lipinski definition) is 0. The molecule has 84 valence electrons. The van der Waals surface area contributed by atoms with Crippen LogP contribution in [0, 0.1) is 5.41 Å². The summed E-state index contributed by atoms with van der Waals surface area (Å²) in [6.07, 6.45) is 0.406. The zero-order valence-corrected chi connectivity index (χ0v) is 14.2. The molecule has 0 aliphatic rings. The maximum atomic E-state index is 6.16. The molecule has 3 heteroatoms. The van der Waals surface area contributed by atoms with Crippen molar-refractivity contribution in [2.24, 2.45) is 5.41 Å². The van der Waals surface area contributed by atoms with E-state index in [9.17, 15) is 0 Å². The van der Waals surface area contributed by atoms with E-state index in [-0.39, 0.29) is 5.41 Å². The average molecular weight is 303 g/mol. The molecule has 0 aromatic carbocycles. The van der Waals surface area contributed by atoms with Crippen LogP contribution in [0.3, 0.4) is 0 Å². The van der Waals surface area contributed by atoms with Crippen molar-refractivity contribution >= 4 is 21.9 Å². The first-order valence-electron chi connectivity index (χ1n) is 5.61. The van der Waals surface area contributed by atoms with Crippen LogP contribution < -0.4 is 0 Å². The number of hydrogen-bond acceptors (Lipinski definition) is 2. The van der Waals surface area contributed by atoms with E-state index in [1.54, 1.807) is 0 Å². The molecule has 0 saturated heterocycles. The van der Waals surface area contributed by atoms with Crippen molar-refractivity contribution in [3.8, 4) is 0 Å². The van der Waals surface area contributed by atoms with E-state index in [4.69, 9.17) is 2.85 Å². The number of nitrogens with zero attached hydrogens (tertiary/aromatic N) is 1. The van der Waals surface area contributed by atoms with Gasteiger partial charge in [0, 0.05) is 0 Å². The fraction of sp³-hybridized carbons (Fsp3) is 1.00. The van der Waals surface area contributed by atoms with Gasteiger partial charge in [0.05, 0.1) is 0 Å². The molecule has 1 unspecified atom stereocenters. The van der Waals surface area contributed by atoms with Gasteiger partial charge in [-0.3, -0.25) is 0 Å². The molecule has 0 radical (unpaired) electrons. The Morgan fingerprint density at radius 2 is 1.79 bits per heavy atom. The van der Waals surface area contributed by atoms with Gasteiger partial charge in [-0.25, -0.2) is 0 Å². The second-order valence-corrected chi connectivity index (χ2v) is 12.2. The molecule has 1 atom stereocenters. The van der Waals surface area contributed by atoms with Crippen molar-refractivity contribution in [3.05, 3.63) is 0 Å². The van der Waals surface area contributed by atoms with Crippen LogP contribution in [0.2, 0.25) is 9.36 Å². The Balaban J connectivity index is 4.26. The normalized spacial score (nSPS) is 14.6. The molecular formula is C11H26InNO. The minimum absolute atomic E-state index is 0.268. The molecule has 0 aliphatic heterocycles. The predicted molar refractivity (Wildman–Crippen MR) is 65.0 cm³/mol. The third-order valence-electron chi connectivity index (χ3n) is 2.42. The molecule has 0 fully saturated rings. The SMILES string of the molecule is CCN(C)CC([O][In]([CH3])[CH3])C(C)(C)C. The molecule has 0 spiro atoms. The first-order chi connectivity index (χ1) is 6.27. The second kappa shape index (κ2) is 6.39. The second-order valence-electron chi connectivity index (χ2n) is 5.39. The van der Waals surface area contributed by atoms with Crippen molar-refractivity contribution in [2.45, 2.75) is 43.2 Å². The summed E-state index contributed by atoms with van der Waals surface area (Å²) in [6.45, 7) is 11.2. The Morgan fingerprint density at radius 3 is 2.07 bits per heavy atom. The van der Waals surface area contributed by atoms with Crippen molar-refractivity contribution in [2.75, 3.05) is 20.1 Å². The van der Waals surface area contributed by atoms with Gasteiger partial charge in [-0.2, -0.15) is 0 Å². The van der Waals surface area contributed by atoms with E-state index in [0.29, 0.717) is 6.10 Å². The van der Waals surface area contributed by atoms with Crippen molar-refractivity contribution in [1.29, 1.82) is 0 Å². The molecule has 0 saturated carbocycles. The van der Waals surface area contributed by atoms with Crippen molar-refractivity contribution < 1.29 is 2.85 Å². The molecule has 14 heavy (non-hydrogen) atoms. The summed E-state index contributed by atoms with van der Waals surface area (Å²) < 4.78 is 10.8. The van der Waals surface area contributed by atoms with Gasteiger partial charge < -0.3 is 0 Å². The van der Waals surface area contributed by atoms with E-state index >= 15 is 0 Å². The quantitative estimate of drug-likeness (QED) is 0.774. The van der Waals surface area contributed by atoms with Crippen LogP contribution in [0.4, 0.5) is 0 Å². The first-order valence-corrected chi connectivity index (χ1v) is 13.5. The van der Waals surface area contributed by atoms with Gasteiger partial charge in [0.25, 0.3) is 0 Å². The topological polar surface area (TPSA) is 12.5 Å². The number of likely N-dealkylation sites (N-methyl/N-ethyl adjacent to an activating group) is 1. The van der Waals surface area contributed by atoms with Crippen molar-refractivity contribution in [3.63, 3.8) is 0 Å². The van der Waals surface area contributed by atoms with Crippen LogP contribution in [0.15, 0.2) is 0 Å². The molecule has 0 bridgehead atoms. The van der Waals surface area contributed by atoms with E-state index in [0.717, 1.165) is 13.1 Å². The summed E-state index contributed by atoms with van der Waals surface area (Å²) in [5.74, 6) is 0. The van der Waals surface area contributed by atoms with E-state index in [1.807, 2.05) is 0 Å². The fourth-order valence-electron chi connectivity index (χ4n) is 1.26. The van der Waals surface area contributed by atoms with Crippen LogP contribution in [-0.2, 0) is 2.85 Å². The van der Waals surface area contributed by atoms with Gasteiger partial charge in [0.2, 0.25) is 0 Å². The summed E-state index contributed by atoms with van der Waals surface area (Å²) >= 11 is -1.56. The first kappa shape index (κ1) is 14.8. The molecule has 0 aromatic rings. The molecule has 0 heterocycles. The Morgan fingerprint density at radius 1 is 1.29 bits per heavy atom. The van der Waals surface area contributed by atoms with Gasteiger partial charge in [-0.05, 0) is 0 Å². The van der Waals surface area contributed by atoms with Crippen LogP contribution >= 0.6 is 0 Å². The zero-order valence-electron chi connectivity index (χ0n) is 10.9. The minimum atomic E-state index is -1.56. The number of rotatable bonds is 5. The monoisotopic (exact) mass is 303 g/mol. The van der Waals surface area contributed by atoms with Crippen LogP contribution in [0.1, 0.15) is 27.7 Å². The Kier molecular flexibility index (Phi) is 6.75. The van der Waals surface area contributed by atoms with E-state index in [1.165, 1.54) is 0 Å². The third-order valence-corrected chi connectivity index (χ3v) is 4.91. The van der Waals surface area contributed by atoms with Crippen molar-refractivity contribution in [1.82, 2.24) is 4.90 Å². The molecule has 0 amide bonds. The Hall–Kier alpha value is 0.790. The molecule has 0 aliphatic carbocycles. The van der Waals surface area contributed by atoms with Crippen LogP contribution in [0.5, 0.6) is 0 Å². The van der Waals surface area contributed by atoms with Crippen LogP contribution in [0.25, 0.3) is 0 Å². The van der Waals surface area contributed by atoms with Gasteiger partial charge in [-0.15, -0.1) is 0 Å². The Bertz CT molecular complexity index is 154. The van der Waals surface area contributed by atoms with Gasteiger partial charge in [-0.1, -0.05) is 0 Å². The maximum absolute atomic E-state index is 6.16. The summed E-state index contributed by atoms with van der Waals surface area (Å²) in [4.78, 5) is 2.34. The van der Waals surface area contributed by atoms with Gasteiger partial charge >= 0.3 is 98.3 Å². The fourth-order valence-corrected chi connectivity index (χ4v) is 4.55. The van der Waals surface area contributed by atoms with E-state index in [2.05, 4.69) is 49.0 Å². The summed E-state index contributed by atoms with van der Waals surface area (Å²) in [5, 5.41) is 0. The van der Waals surface area contributed by atoms with Gasteiger partial charge in [0.1, 0.15) is 0 Å². The molecule has 0 rings (SSSR count). The predicted octanol–water partition coefficient (Wildman–Crippen LogP) is 2.62.